The van der Waals surface area contributed by atoms with Gasteiger partial charge in [-0.3, -0.25) is 14.7 Å². The molecule has 36 heavy (non-hydrogen) atoms. The molecule has 9 nitrogen and oxygen atoms in total. The highest BCUT2D eigenvalue weighted by Gasteiger charge is 2.27. The second-order valence-corrected chi connectivity index (χ2v) is 8.43. The molecule has 0 aliphatic carbocycles. The Morgan fingerprint density at radius 3 is 2.64 bits per heavy atom. The number of rotatable bonds is 7. The number of benzene rings is 1. The minimum Gasteiger partial charge on any atom is -0.481 e. The number of halogens is 1. The number of aliphatic imine (C=N–C) groups is 1. The highest BCUT2D eigenvalue weighted by atomic mass is 32.1. The first-order valence-electron chi connectivity index (χ1n) is 11.7. The van der Waals surface area contributed by atoms with Gasteiger partial charge in [0.05, 0.1) is 31.9 Å². The number of aliphatic carboxylic acids is 1. The molecule has 0 radical (unpaired) electrons. The number of carbonyl (C=O) groups is 2. The van der Waals surface area contributed by atoms with Crippen LogP contribution in [0.15, 0.2) is 58.2 Å². The predicted molar refractivity (Wildman–Crippen MR) is 136 cm³/mol. The van der Waals surface area contributed by atoms with Crippen LogP contribution >= 0.6 is 11.3 Å². The first-order valence-corrected chi connectivity index (χ1v) is 12.6. The summed E-state index contributed by atoms with van der Waals surface area (Å²) in [5.41, 5.74) is 1.23. The fraction of sp³-hybridized carbons (Fsp3) is 0.440. The van der Waals surface area contributed by atoms with E-state index in [0.717, 1.165) is 10.7 Å². The molecule has 2 aliphatic rings. The third kappa shape index (κ3) is 9.48. The smallest absolute Gasteiger partial charge is 0.337 e. The first-order chi connectivity index (χ1) is 17.5. The number of morpholine rings is 1. The number of carboxylic acid groups (broad SMARTS) is 1. The number of esters is 1. The van der Waals surface area contributed by atoms with Crippen molar-refractivity contribution in [1.29, 1.82) is 0 Å². The average molecular weight is 521 g/mol. The Morgan fingerprint density at radius 2 is 2.06 bits per heavy atom. The number of ether oxygens (including phenoxy) is 2. The van der Waals surface area contributed by atoms with E-state index in [9.17, 15) is 14.0 Å². The topological polar surface area (TPSA) is 113 Å². The van der Waals surface area contributed by atoms with Crippen LogP contribution in [0.4, 0.5) is 4.39 Å². The maximum absolute atomic E-state index is 12.1. The molecule has 1 aromatic heterocycles. The minimum atomic E-state index is -0.829. The molecule has 3 heterocycles. The van der Waals surface area contributed by atoms with Crippen molar-refractivity contribution in [2.75, 3.05) is 39.9 Å². The van der Waals surface area contributed by atoms with Gasteiger partial charge in [-0.1, -0.05) is 32.0 Å². The average Bonchev–Trinajstić information content (AvgIpc) is 3.44. The summed E-state index contributed by atoms with van der Waals surface area (Å²) in [5.74, 6) is -0.773. The van der Waals surface area contributed by atoms with Crippen LogP contribution in [0.25, 0.3) is 0 Å². The van der Waals surface area contributed by atoms with Crippen LogP contribution in [0, 0.1) is 5.82 Å². The minimum absolute atomic E-state index is 0.0771. The number of aromatic nitrogens is 1. The SMILES string of the molecule is CC.COC(=O)C1=C(CN2CCOC(CCC(=O)O)C2)NC(c2nccs2)=NC1.Fc1ccccc1. The lowest BCUT2D eigenvalue weighted by molar-refractivity contribution is -0.138. The lowest BCUT2D eigenvalue weighted by Gasteiger charge is -2.34. The number of carbonyl (C=O) groups excluding carboxylic acids is 1. The van der Waals surface area contributed by atoms with Crippen molar-refractivity contribution in [2.45, 2.75) is 32.8 Å². The second kappa shape index (κ2) is 15.8. The predicted octanol–water partition coefficient (Wildman–Crippen LogP) is 3.34. The van der Waals surface area contributed by atoms with Gasteiger partial charge in [-0.2, -0.15) is 0 Å². The number of nitrogens with one attached hydrogen (secondary N) is 1. The van der Waals surface area contributed by atoms with E-state index in [-0.39, 0.29) is 24.9 Å². The number of methoxy groups -OCH3 is 1. The molecule has 2 aromatic rings. The summed E-state index contributed by atoms with van der Waals surface area (Å²) in [6, 6.07) is 7.94. The molecule has 2 N–H and O–H groups in total. The Kier molecular flexibility index (Phi) is 12.7. The summed E-state index contributed by atoms with van der Waals surface area (Å²) < 4.78 is 22.5. The summed E-state index contributed by atoms with van der Waals surface area (Å²) in [4.78, 5) is 33.7. The molecule has 196 valence electrons. The molecule has 0 spiro atoms. The summed E-state index contributed by atoms with van der Waals surface area (Å²) >= 11 is 1.47. The van der Waals surface area contributed by atoms with E-state index >= 15 is 0 Å². The van der Waals surface area contributed by atoms with E-state index in [2.05, 4.69) is 20.2 Å². The van der Waals surface area contributed by atoms with Gasteiger partial charge in [0, 0.05) is 43.3 Å². The number of hydrogen-bond donors (Lipinski definition) is 2. The fourth-order valence-electron chi connectivity index (χ4n) is 3.44. The summed E-state index contributed by atoms with van der Waals surface area (Å²) in [6.45, 7) is 6.57. The molecule has 11 heteroatoms. The fourth-order valence-corrected chi connectivity index (χ4v) is 4.04. The molecule has 2 aliphatic heterocycles. The van der Waals surface area contributed by atoms with Gasteiger partial charge in [0.2, 0.25) is 0 Å². The van der Waals surface area contributed by atoms with Gasteiger partial charge in [0.1, 0.15) is 5.82 Å². The Hall–Kier alpha value is -3.15. The van der Waals surface area contributed by atoms with Crippen LogP contribution in [0.5, 0.6) is 0 Å². The third-order valence-corrected chi connectivity index (χ3v) is 5.89. The summed E-state index contributed by atoms with van der Waals surface area (Å²) in [5, 5.41) is 14.7. The van der Waals surface area contributed by atoms with Gasteiger partial charge in [0.25, 0.3) is 0 Å². The van der Waals surface area contributed by atoms with E-state index in [4.69, 9.17) is 14.6 Å². The molecule has 1 atom stereocenters. The van der Waals surface area contributed by atoms with Crippen LogP contribution in [-0.4, -0.2) is 78.8 Å². The van der Waals surface area contributed by atoms with Crippen LogP contribution < -0.4 is 5.32 Å². The Labute approximate surface area is 214 Å². The van der Waals surface area contributed by atoms with Crippen molar-refractivity contribution >= 4 is 29.1 Å². The largest absolute Gasteiger partial charge is 0.481 e. The Bertz CT molecular complexity index is 1010. The van der Waals surface area contributed by atoms with Crippen LogP contribution in [-0.2, 0) is 19.1 Å². The van der Waals surface area contributed by atoms with E-state index in [1.807, 2.05) is 19.2 Å². The van der Waals surface area contributed by atoms with E-state index in [1.165, 1.54) is 30.6 Å². The second-order valence-electron chi connectivity index (χ2n) is 7.53. The molecule has 1 saturated heterocycles. The third-order valence-electron chi connectivity index (χ3n) is 5.11. The van der Waals surface area contributed by atoms with Gasteiger partial charge in [-0.25, -0.2) is 14.2 Å². The molecule has 0 amide bonds. The van der Waals surface area contributed by atoms with Crippen molar-refractivity contribution in [3.8, 4) is 0 Å². The number of nitrogens with zero attached hydrogens (tertiary/aromatic N) is 3. The van der Waals surface area contributed by atoms with Crippen molar-refractivity contribution in [2.24, 2.45) is 4.99 Å². The highest BCUT2D eigenvalue weighted by Crippen LogP contribution is 2.18. The molecule has 0 bridgehead atoms. The van der Waals surface area contributed by atoms with Crippen LogP contribution in [0.3, 0.4) is 0 Å². The number of amidine groups is 1. The molecular weight excluding hydrogens is 487 g/mol. The molecule has 1 unspecified atom stereocenters. The zero-order valence-corrected chi connectivity index (χ0v) is 21.6. The van der Waals surface area contributed by atoms with Crippen LogP contribution in [0.1, 0.15) is 31.7 Å². The van der Waals surface area contributed by atoms with Gasteiger partial charge < -0.3 is 19.9 Å². The van der Waals surface area contributed by atoms with E-state index in [0.29, 0.717) is 44.1 Å². The lowest BCUT2D eigenvalue weighted by atomic mass is 10.1. The summed E-state index contributed by atoms with van der Waals surface area (Å²) in [7, 11) is 1.35. The molecule has 4 rings (SSSR count). The Morgan fingerprint density at radius 1 is 1.31 bits per heavy atom. The molecule has 1 aromatic carbocycles. The van der Waals surface area contributed by atoms with Gasteiger partial charge in [-0.15, -0.1) is 11.3 Å². The first kappa shape index (κ1) is 29.1. The standard InChI is InChI=1S/C17H22N4O5S.C6H5F.C2H6/c1-25-17(24)12-8-19-15(16-18-4-7-27-16)20-13(12)10-21-5-6-26-11(9-21)2-3-14(22)23;7-6-4-2-1-3-5-6;1-2/h4,7,11H,2-3,5-6,8-10H2,1H3,(H,19,20)(H,22,23);1-5H;1-2H3. The van der Waals surface area contributed by atoms with E-state index < -0.39 is 11.9 Å². The van der Waals surface area contributed by atoms with Crippen molar-refractivity contribution in [3.05, 3.63) is 64.0 Å². The van der Waals surface area contributed by atoms with Gasteiger partial charge in [-0.05, 0) is 18.6 Å². The van der Waals surface area contributed by atoms with Gasteiger partial charge in [0.15, 0.2) is 10.8 Å². The zero-order chi connectivity index (χ0) is 26.3. The lowest BCUT2D eigenvalue weighted by Crippen LogP contribution is -2.46. The normalized spacial score (nSPS) is 17.4. The highest BCUT2D eigenvalue weighted by molar-refractivity contribution is 7.11. The van der Waals surface area contributed by atoms with Crippen molar-refractivity contribution < 1.29 is 28.6 Å². The molecule has 1 fully saturated rings. The number of hydrogen-bond acceptors (Lipinski definition) is 9. The van der Waals surface area contributed by atoms with E-state index in [1.54, 1.807) is 24.4 Å². The number of thiazole rings is 1. The Balaban J connectivity index is 0.000000431. The van der Waals surface area contributed by atoms with Crippen molar-refractivity contribution in [3.63, 3.8) is 0 Å². The zero-order valence-electron chi connectivity index (χ0n) is 20.8. The monoisotopic (exact) mass is 520 g/mol. The maximum Gasteiger partial charge on any atom is 0.337 e. The number of carboxylic acids is 1. The quantitative estimate of drug-likeness (QED) is 0.535. The molecular formula is C25H33FN4O5S. The van der Waals surface area contributed by atoms with Crippen molar-refractivity contribution in [1.82, 2.24) is 15.2 Å². The molecule has 0 saturated carbocycles. The van der Waals surface area contributed by atoms with Gasteiger partial charge >= 0.3 is 11.9 Å². The maximum atomic E-state index is 12.1. The van der Waals surface area contributed by atoms with Crippen LogP contribution in [0.2, 0.25) is 0 Å². The summed E-state index contributed by atoms with van der Waals surface area (Å²) in [6.07, 6.45) is 2.12.